The Kier molecular flexibility index (Phi) is 5.27. The third-order valence-electron chi connectivity index (χ3n) is 4.78. The van der Waals surface area contributed by atoms with Crippen molar-refractivity contribution < 1.29 is 13.9 Å². The SMILES string of the molecule is Cc1cc(Oc2ccc(NC(=O)c3sc(-c4ccc(F)cc4)nc3C)cc2)n2ncnc2n1. The Balaban J connectivity index is 1.31. The number of aryl methyl sites for hydroxylation is 2. The molecule has 8 nitrogen and oxygen atoms in total. The van der Waals surface area contributed by atoms with E-state index in [-0.39, 0.29) is 11.7 Å². The topological polar surface area (TPSA) is 94.3 Å². The lowest BCUT2D eigenvalue weighted by Gasteiger charge is -2.09. The first-order chi connectivity index (χ1) is 16.0. The quantitative estimate of drug-likeness (QED) is 0.395. The van der Waals surface area contributed by atoms with Crippen molar-refractivity contribution in [2.45, 2.75) is 13.8 Å². The third kappa shape index (κ3) is 4.28. The maximum Gasteiger partial charge on any atom is 0.267 e. The van der Waals surface area contributed by atoms with E-state index in [9.17, 15) is 9.18 Å². The molecule has 0 aliphatic carbocycles. The highest BCUT2D eigenvalue weighted by atomic mass is 32.1. The normalized spacial score (nSPS) is 11.0. The molecule has 5 rings (SSSR count). The molecular formula is C23H17FN6O2S. The van der Waals surface area contributed by atoms with E-state index in [4.69, 9.17) is 4.74 Å². The van der Waals surface area contributed by atoms with E-state index >= 15 is 0 Å². The van der Waals surface area contributed by atoms with Crippen LogP contribution >= 0.6 is 11.3 Å². The molecule has 0 radical (unpaired) electrons. The fourth-order valence-corrected chi connectivity index (χ4v) is 4.17. The van der Waals surface area contributed by atoms with Crippen LogP contribution in [0.4, 0.5) is 10.1 Å². The number of fused-ring (bicyclic) bond motifs is 1. The van der Waals surface area contributed by atoms with Gasteiger partial charge in [-0.1, -0.05) is 0 Å². The summed E-state index contributed by atoms with van der Waals surface area (Å²) >= 11 is 1.26. The molecule has 1 N–H and O–H groups in total. The van der Waals surface area contributed by atoms with Crippen molar-refractivity contribution in [3.8, 4) is 22.2 Å². The third-order valence-corrected chi connectivity index (χ3v) is 5.98. The molecule has 0 aliphatic rings. The fraction of sp³-hybridized carbons (Fsp3) is 0.0870. The van der Waals surface area contributed by atoms with Gasteiger partial charge in [-0.25, -0.2) is 14.4 Å². The van der Waals surface area contributed by atoms with Crippen LogP contribution in [0.5, 0.6) is 11.6 Å². The molecule has 0 bridgehead atoms. The summed E-state index contributed by atoms with van der Waals surface area (Å²) in [5, 5.41) is 7.66. The Morgan fingerprint density at radius 1 is 1.06 bits per heavy atom. The Hall–Kier alpha value is -4.18. The van der Waals surface area contributed by atoms with Crippen molar-refractivity contribution in [3.63, 3.8) is 0 Å². The van der Waals surface area contributed by atoms with Crippen LogP contribution < -0.4 is 10.1 Å². The van der Waals surface area contributed by atoms with E-state index in [1.54, 1.807) is 49.4 Å². The number of thiazole rings is 1. The average molecular weight is 460 g/mol. The fourth-order valence-electron chi connectivity index (χ4n) is 3.21. The van der Waals surface area contributed by atoms with Gasteiger partial charge in [0, 0.05) is 23.0 Å². The number of nitrogens with one attached hydrogen (secondary N) is 1. The van der Waals surface area contributed by atoms with Gasteiger partial charge in [0.2, 0.25) is 5.88 Å². The zero-order valence-corrected chi connectivity index (χ0v) is 18.4. The zero-order chi connectivity index (χ0) is 22.9. The number of aromatic nitrogens is 5. The molecule has 5 aromatic rings. The first kappa shape index (κ1) is 20.7. The van der Waals surface area contributed by atoms with Crippen LogP contribution in [0.2, 0.25) is 0 Å². The minimum atomic E-state index is -0.317. The summed E-state index contributed by atoms with van der Waals surface area (Å²) in [5.41, 5.74) is 2.74. The van der Waals surface area contributed by atoms with Crippen LogP contribution in [0.3, 0.4) is 0 Å². The summed E-state index contributed by atoms with van der Waals surface area (Å²) in [6.45, 7) is 3.63. The van der Waals surface area contributed by atoms with Gasteiger partial charge >= 0.3 is 0 Å². The second-order valence-electron chi connectivity index (χ2n) is 7.23. The molecule has 0 aliphatic heterocycles. The van der Waals surface area contributed by atoms with Crippen molar-refractivity contribution in [2.75, 3.05) is 5.32 Å². The summed E-state index contributed by atoms with van der Waals surface area (Å²) in [7, 11) is 0. The summed E-state index contributed by atoms with van der Waals surface area (Å²) in [5.74, 6) is 0.931. The van der Waals surface area contributed by atoms with Gasteiger partial charge in [-0.15, -0.1) is 11.3 Å². The smallest absolute Gasteiger partial charge is 0.267 e. The minimum absolute atomic E-state index is 0.263. The number of halogens is 1. The van der Waals surface area contributed by atoms with Crippen molar-refractivity contribution in [1.82, 2.24) is 24.6 Å². The highest BCUT2D eigenvalue weighted by molar-refractivity contribution is 7.17. The number of hydrogen-bond acceptors (Lipinski definition) is 7. The molecule has 33 heavy (non-hydrogen) atoms. The molecule has 0 unspecified atom stereocenters. The molecule has 0 saturated heterocycles. The second kappa shape index (κ2) is 8.40. The lowest BCUT2D eigenvalue weighted by Crippen LogP contribution is -2.11. The molecule has 164 valence electrons. The molecule has 3 heterocycles. The number of ether oxygens (including phenoxy) is 1. The predicted molar refractivity (Wildman–Crippen MR) is 122 cm³/mol. The number of amides is 1. The van der Waals surface area contributed by atoms with Crippen molar-refractivity contribution in [3.05, 3.63) is 83.0 Å². The summed E-state index contributed by atoms with van der Waals surface area (Å²) in [6.07, 6.45) is 1.41. The molecule has 10 heteroatoms. The highest BCUT2D eigenvalue weighted by Crippen LogP contribution is 2.29. The highest BCUT2D eigenvalue weighted by Gasteiger charge is 2.17. The van der Waals surface area contributed by atoms with Gasteiger partial charge in [-0.2, -0.15) is 14.6 Å². The van der Waals surface area contributed by atoms with E-state index in [1.807, 2.05) is 6.92 Å². The van der Waals surface area contributed by atoms with Gasteiger partial charge in [0.1, 0.15) is 27.8 Å². The van der Waals surface area contributed by atoms with Crippen molar-refractivity contribution >= 4 is 28.7 Å². The number of carbonyl (C=O) groups excluding carboxylic acids is 1. The van der Waals surface area contributed by atoms with Crippen LogP contribution in [0.15, 0.2) is 60.9 Å². The number of nitrogens with zero attached hydrogens (tertiary/aromatic N) is 5. The molecule has 0 saturated carbocycles. The molecule has 0 fully saturated rings. The van der Waals surface area contributed by atoms with E-state index in [0.717, 1.165) is 11.3 Å². The van der Waals surface area contributed by atoms with Crippen molar-refractivity contribution in [1.29, 1.82) is 0 Å². The molecule has 0 spiro atoms. The van der Waals surface area contributed by atoms with E-state index < -0.39 is 0 Å². The van der Waals surface area contributed by atoms with E-state index in [1.165, 1.54) is 34.3 Å². The Morgan fingerprint density at radius 3 is 2.58 bits per heavy atom. The molecule has 3 aromatic heterocycles. The largest absolute Gasteiger partial charge is 0.439 e. The second-order valence-corrected chi connectivity index (χ2v) is 8.23. The monoisotopic (exact) mass is 460 g/mol. The average Bonchev–Trinajstić information content (AvgIpc) is 3.42. The lowest BCUT2D eigenvalue weighted by molar-refractivity contribution is 0.103. The van der Waals surface area contributed by atoms with Crippen LogP contribution in [-0.2, 0) is 0 Å². The Morgan fingerprint density at radius 2 is 1.82 bits per heavy atom. The van der Waals surface area contributed by atoms with Gasteiger partial charge < -0.3 is 10.1 Å². The minimum Gasteiger partial charge on any atom is -0.439 e. The Bertz CT molecular complexity index is 1460. The van der Waals surface area contributed by atoms with Crippen LogP contribution in [-0.4, -0.2) is 30.5 Å². The maximum absolute atomic E-state index is 13.2. The zero-order valence-electron chi connectivity index (χ0n) is 17.6. The van der Waals surface area contributed by atoms with Gasteiger partial charge in [0.15, 0.2) is 0 Å². The number of anilines is 1. The standard InChI is InChI=1S/C23H17FN6O2S/c1-13-11-19(30-23(27-13)25-12-26-30)32-18-9-7-17(8-10-18)29-21(31)20-14(2)28-22(33-20)15-3-5-16(24)6-4-15/h3-12H,1-2H3,(H,29,31). The number of rotatable bonds is 5. The van der Waals surface area contributed by atoms with Crippen molar-refractivity contribution in [2.24, 2.45) is 0 Å². The molecular weight excluding hydrogens is 443 g/mol. The van der Waals surface area contributed by atoms with Gasteiger partial charge in [0.05, 0.1) is 5.69 Å². The van der Waals surface area contributed by atoms with E-state index in [0.29, 0.717) is 38.7 Å². The summed E-state index contributed by atoms with van der Waals surface area (Å²) in [6, 6.07) is 14.8. The first-order valence-electron chi connectivity index (χ1n) is 9.96. The van der Waals surface area contributed by atoms with Crippen LogP contribution in [0, 0.1) is 19.7 Å². The van der Waals surface area contributed by atoms with Gasteiger partial charge in [-0.05, 0) is 62.4 Å². The lowest BCUT2D eigenvalue weighted by atomic mass is 10.2. The molecule has 0 atom stereocenters. The first-order valence-corrected chi connectivity index (χ1v) is 10.8. The van der Waals surface area contributed by atoms with Gasteiger partial charge in [-0.3, -0.25) is 4.79 Å². The maximum atomic E-state index is 13.2. The molecule has 2 aromatic carbocycles. The predicted octanol–water partition coefficient (Wildman–Crippen LogP) is 5.05. The number of benzene rings is 2. The summed E-state index contributed by atoms with van der Waals surface area (Å²) in [4.78, 5) is 26.1. The number of carbonyl (C=O) groups is 1. The van der Waals surface area contributed by atoms with E-state index in [2.05, 4.69) is 25.4 Å². The van der Waals surface area contributed by atoms with Gasteiger partial charge in [0.25, 0.3) is 11.7 Å². The Labute approximate surface area is 191 Å². The van der Waals surface area contributed by atoms with Crippen LogP contribution in [0.25, 0.3) is 16.3 Å². The molecule has 1 amide bonds. The number of hydrogen-bond donors (Lipinski definition) is 1. The summed E-state index contributed by atoms with van der Waals surface area (Å²) < 4.78 is 20.6. The van der Waals surface area contributed by atoms with Crippen LogP contribution in [0.1, 0.15) is 21.1 Å².